The number of aromatic nitrogens is 1. The summed E-state index contributed by atoms with van der Waals surface area (Å²) in [7, 11) is 1.82. The molecule has 1 amide bonds. The Kier molecular flexibility index (Phi) is 4.11. The molecule has 3 aromatic rings. The Labute approximate surface area is 136 Å². The van der Waals surface area contributed by atoms with Crippen LogP contribution in [0.5, 0.6) is 0 Å². The summed E-state index contributed by atoms with van der Waals surface area (Å²) in [5.41, 5.74) is 3.65. The molecule has 0 radical (unpaired) electrons. The summed E-state index contributed by atoms with van der Waals surface area (Å²) in [5, 5.41) is 1.04. The van der Waals surface area contributed by atoms with E-state index in [1.165, 1.54) is 5.56 Å². The van der Waals surface area contributed by atoms with Crippen LogP contribution in [0.15, 0.2) is 60.7 Å². The van der Waals surface area contributed by atoms with Crippen LogP contribution in [-0.4, -0.2) is 22.8 Å². The lowest BCUT2D eigenvalue weighted by Gasteiger charge is -2.25. The minimum absolute atomic E-state index is 0.00336. The third-order valence-electron chi connectivity index (χ3n) is 4.28. The van der Waals surface area contributed by atoms with E-state index in [0.717, 1.165) is 16.5 Å². The first-order valence-electron chi connectivity index (χ1n) is 7.76. The third kappa shape index (κ3) is 3.09. The number of aryl methyl sites for hydroxylation is 1. The van der Waals surface area contributed by atoms with Crippen LogP contribution in [0.3, 0.4) is 0 Å². The Morgan fingerprint density at radius 1 is 1.00 bits per heavy atom. The Morgan fingerprint density at radius 3 is 2.43 bits per heavy atom. The maximum absolute atomic E-state index is 12.7. The molecule has 23 heavy (non-hydrogen) atoms. The van der Waals surface area contributed by atoms with Crippen molar-refractivity contribution in [1.29, 1.82) is 0 Å². The maximum atomic E-state index is 12.7. The van der Waals surface area contributed by atoms with E-state index in [-0.39, 0.29) is 11.9 Å². The largest absolute Gasteiger partial charge is 0.334 e. The quantitative estimate of drug-likeness (QED) is 0.719. The lowest BCUT2D eigenvalue weighted by molar-refractivity contribution is 0.0737. The maximum Gasteiger partial charge on any atom is 0.272 e. The minimum Gasteiger partial charge on any atom is -0.334 e. The standard InChI is InChI=1S/C20H20N2O/c1-14-8-10-16(11-9-14)15(2)22(3)20(23)19-13-12-17-6-4-5-7-18(17)21-19/h4-13,15H,1-3H3. The molecule has 116 valence electrons. The van der Waals surface area contributed by atoms with Gasteiger partial charge in [-0.05, 0) is 31.5 Å². The first-order valence-corrected chi connectivity index (χ1v) is 7.76. The van der Waals surface area contributed by atoms with Gasteiger partial charge in [-0.1, -0.05) is 54.1 Å². The van der Waals surface area contributed by atoms with E-state index in [1.807, 2.05) is 44.3 Å². The highest BCUT2D eigenvalue weighted by Crippen LogP contribution is 2.21. The number of rotatable bonds is 3. The molecule has 0 fully saturated rings. The highest BCUT2D eigenvalue weighted by atomic mass is 16.2. The van der Waals surface area contributed by atoms with Gasteiger partial charge in [0, 0.05) is 12.4 Å². The fourth-order valence-corrected chi connectivity index (χ4v) is 2.61. The Morgan fingerprint density at radius 2 is 1.70 bits per heavy atom. The number of para-hydroxylation sites is 1. The van der Waals surface area contributed by atoms with Gasteiger partial charge >= 0.3 is 0 Å². The number of fused-ring (bicyclic) bond motifs is 1. The van der Waals surface area contributed by atoms with Crippen molar-refractivity contribution in [2.75, 3.05) is 7.05 Å². The molecule has 1 aromatic heterocycles. The molecule has 0 bridgehead atoms. The zero-order valence-corrected chi connectivity index (χ0v) is 13.7. The van der Waals surface area contributed by atoms with Crippen molar-refractivity contribution in [2.24, 2.45) is 0 Å². The predicted molar refractivity (Wildman–Crippen MR) is 93.4 cm³/mol. The number of carbonyl (C=O) groups excluding carboxylic acids is 1. The van der Waals surface area contributed by atoms with Gasteiger partial charge in [0.15, 0.2) is 0 Å². The molecule has 0 saturated carbocycles. The van der Waals surface area contributed by atoms with Crippen LogP contribution in [0.1, 0.15) is 34.6 Å². The molecule has 3 heteroatoms. The molecule has 0 aliphatic heterocycles. The van der Waals surface area contributed by atoms with Gasteiger partial charge in [-0.25, -0.2) is 4.98 Å². The smallest absolute Gasteiger partial charge is 0.272 e. The first-order chi connectivity index (χ1) is 11.1. The summed E-state index contributed by atoms with van der Waals surface area (Å²) in [6, 6.07) is 19.8. The van der Waals surface area contributed by atoms with Gasteiger partial charge in [0.05, 0.1) is 11.6 Å². The molecule has 3 rings (SSSR count). The van der Waals surface area contributed by atoms with Crippen molar-refractivity contribution in [3.05, 3.63) is 77.5 Å². The van der Waals surface area contributed by atoms with Crippen LogP contribution < -0.4 is 0 Å². The van der Waals surface area contributed by atoms with Crippen molar-refractivity contribution in [3.63, 3.8) is 0 Å². The lowest BCUT2D eigenvalue weighted by atomic mass is 10.1. The highest BCUT2D eigenvalue weighted by Gasteiger charge is 2.20. The van der Waals surface area contributed by atoms with Crippen molar-refractivity contribution < 1.29 is 4.79 Å². The summed E-state index contributed by atoms with van der Waals surface area (Å²) in [5.74, 6) is -0.0659. The van der Waals surface area contributed by atoms with Gasteiger partial charge in [0.1, 0.15) is 5.69 Å². The van der Waals surface area contributed by atoms with Gasteiger partial charge in [-0.15, -0.1) is 0 Å². The van der Waals surface area contributed by atoms with Crippen LogP contribution in [-0.2, 0) is 0 Å². The molecule has 1 atom stereocenters. The number of carbonyl (C=O) groups is 1. The van der Waals surface area contributed by atoms with Gasteiger partial charge in [0.25, 0.3) is 5.91 Å². The Hall–Kier alpha value is -2.68. The molecule has 0 N–H and O–H groups in total. The van der Waals surface area contributed by atoms with Crippen molar-refractivity contribution in [2.45, 2.75) is 19.9 Å². The third-order valence-corrected chi connectivity index (χ3v) is 4.28. The van der Waals surface area contributed by atoms with Crippen LogP contribution in [0.4, 0.5) is 0 Å². The second-order valence-corrected chi connectivity index (χ2v) is 5.89. The summed E-state index contributed by atoms with van der Waals surface area (Å²) in [4.78, 5) is 19.0. The van der Waals surface area contributed by atoms with Crippen molar-refractivity contribution in [3.8, 4) is 0 Å². The summed E-state index contributed by atoms with van der Waals surface area (Å²) in [6.07, 6.45) is 0. The number of nitrogens with zero attached hydrogens (tertiary/aromatic N) is 2. The molecule has 1 unspecified atom stereocenters. The molecule has 0 spiro atoms. The minimum atomic E-state index is -0.0659. The van der Waals surface area contributed by atoms with Crippen LogP contribution in [0.2, 0.25) is 0 Å². The van der Waals surface area contributed by atoms with E-state index in [1.54, 1.807) is 11.0 Å². The average molecular weight is 304 g/mol. The van der Waals surface area contributed by atoms with E-state index in [0.29, 0.717) is 5.69 Å². The van der Waals surface area contributed by atoms with E-state index in [2.05, 4.69) is 36.2 Å². The predicted octanol–water partition coefficient (Wildman–Crippen LogP) is 4.38. The summed E-state index contributed by atoms with van der Waals surface area (Å²) >= 11 is 0. The number of hydrogen-bond donors (Lipinski definition) is 0. The number of amides is 1. The summed E-state index contributed by atoms with van der Waals surface area (Å²) < 4.78 is 0. The van der Waals surface area contributed by atoms with E-state index in [4.69, 9.17) is 0 Å². The second kappa shape index (κ2) is 6.21. The Balaban J connectivity index is 1.86. The van der Waals surface area contributed by atoms with E-state index < -0.39 is 0 Å². The topological polar surface area (TPSA) is 33.2 Å². The van der Waals surface area contributed by atoms with Crippen molar-refractivity contribution in [1.82, 2.24) is 9.88 Å². The monoisotopic (exact) mass is 304 g/mol. The van der Waals surface area contributed by atoms with E-state index in [9.17, 15) is 4.79 Å². The van der Waals surface area contributed by atoms with Gasteiger partial charge < -0.3 is 4.90 Å². The number of benzene rings is 2. The van der Waals surface area contributed by atoms with E-state index >= 15 is 0 Å². The second-order valence-electron chi connectivity index (χ2n) is 5.89. The van der Waals surface area contributed by atoms with Crippen LogP contribution >= 0.6 is 0 Å². The number of hydrogen-bond acceptors (Lipinski definition) is 2. The average Bonchev–Trinajstić information content (AvgIpc) is 2.60. The van der Waals surface area contributed by atoms with Crippen LogP contribution in [0.25, 0.3) is 10.9 Å². The van der Waals surface area contributed by atoms with Gasteiger partial charge in [-0.3, -0.25) is 4.79 Å². The normalized spacial score (nSPS) is 12.1. The zero-order valence-electron chi connectivity index (χ0n) is 13.7. The molecule has 3 nitrogen and oxygen atoms in total. The fourth-order valence-electron chi connectivity index (χ4n) is 2.61. The highest BCUT2D eigenvalue weighted by molar-refractivity contribution is 5.95. The van der Waals surface area contributed by atoms with Gasteiger partial charge in [-0.2, -0.15) is 0 Å². The van der Waals surface area contributed by atoms with Gasteiger partial charge in [0.2, 0.25) is 0 Å². The molecular weight excluding hydrogens is 284 g/mol. The summed E-state index contributed by atoms with van der Waals surface area (Å²) in [6.45, 7) is 4.09. The molecule has 0 aliphatic carbocycles. The molecule has 2 aromatic carbocycles. The Bertz CT molecular complexity index is 840. The van der Waals surface area contributed by atoms with Crippen molar-refractivity contribution >= 4 is 16.8 Å². The molecule has 0 saturated heterocycles. The molecule has 0 aliphatic rings. The molecular formula is C20H20N2O. The number of pyridine rings is 1. The zero-order chi connectivity index (χ0) is 16.4. The fraction of sp³-hybridized carbons (Fsp3) is 0.200. The van der Waals surface area contributed by atoms with Crippen LogP contribution in [0, 0.1) is 6.92 Å². The lowest BCUT2D eigenvalue weighted by Crippen LogP contribution is -2.30. The molecule has 1 heterocycles. The SMILES string of the molecule is Cc1ccc(C(C)N(C)C(=O)c2ccc3ccccc3n2)cc1. The first kappa shape index (κ1) is 15.2.